The number of amides is 1. The second kappa shape index (κ2) is 6.34. The quantitative estimate of drug-likeness (QED) is 0.898. The molecule has 1 aliphatic rings. The van der Waals surface area contributed by atoms with Crippen LogP contribution in [0.3, 0.4) is 0 Å². The fourth-order valence-electron chi connectivity index (χ4n) is 1.98. The molecular formula is C13H16ClNO2S. The van der Waals surface area contributed by atoms with Crippen molar-refractivity contribution >= 4 is 29.3 Å². The summed E-state index contributed by atoms with van der Waals surface area (Å²) in [6.45, 7) is 0.682. The summed E-state index contributed by atoms with van der Waals surface area (Å²) in [6.07, 6.45) is 2.30. The van der Waals surface area contributed by atoms with E-state index in [0.29, 0.717) is 17.5 Å². The summed E-state index contributed by atoms with van der Waals surface area (Å²) in [4.78, 5) is 11.9. The van der Waals surface area contributed by atoms with E-state index in [1.165, 1.54) is 17.6 Å². The van der Waals surface area contributed by atoms with Gasteiger partial charge in [0.05, 0.1) is 5.56 Å². The summed E-state index contributed by atoms with van der Waals surface area (Å²) in [5, 5.41) is 13.0. The molecule has 0 atom stereocenters. The first-order chi connectivity index (χ1) is 8.66. The number of halogens is 1. The lowest BCUT2D eigenvalue weighted by Crippen LogP contribution is -2.31. The minimum Gasteiger partial charge on any atom is -0.507 e. The molecule has 0 aliphatic carbocycles. The zero-order chi connectivity index (χ0) is 13.0. The number of hydrogen-bond acceptors (Lipinski definition) is 3. The van der Waals surface area contributed by atoms with Crippen LogP contribution < -0.4 is 5.32 Å². The molecule has 1 amide bonds. The Morgan fingerprint density at radius 2 is 2.17 bits per heavy atom. The van der Waals surface area contributed by atoms with Crippen molar-refractivity contribution in [1.29, 1.82) is 0 Å². The summed E-state index contributed by atoms with van der Waals surface area (Å²) < 4.78 is 0. The summed E-state index contributed by atoms with van der Waals surface area (Å²) >= 11 is 7.69. The summed E-state index contributed by atoms with van der Waals surface area (Å²) in [7, 11) is 0. The molecule has 2 rings (SSSR count). The van der Waals surface area contributed by atoms with E-state index in [-0.39, 0.29) is 17.2 Å². The van der Waals surface area contributed by atoms with Crippen molar-refractivity contribution < 1.29 is 9.90 Å². The van der Waals surface area contributed by atoms with Crippen LogP contribution in [-0.2, 0) is 0 Å². The Kier molecular flexibility index (Phi) is 4.78. The van der Waals surface area contributed by atoms with Gasteiger partial charge in [0.2, 0.25) is 0 Å². The zero-order valence-corrected chi connectivity index (χ0v) is 11.6. The Labute approximate surface area is 116 Å². The van der Waals surface area contributed by atoms with Crippen LogP contribution in [-0.4, -0.2) is 29.1 Å². The van der Waals surface area contributed by atoms with Crippen molar-refractivity contribution in [3.05, 3.63) is 28.8 Å². The maximum Gasteiger partial charge on any atom is 0.255 e. The molecule has 18 heavy (non-hydrogen) atoms. The highest BCUT2D eigenvalue weighted by Crippen LogP contribution is 2.23. The molecule has 0 unspecified atom stereocenters. The van der Waals surface area contributed by atoms with Crippen LogP contribution >= 0.6 is 23.4 Å². The highest BCUT2D eigenvalue weighted by molar-refractivity contribution is 7.99. The molecule has 1 fully saturated rings. The van der Waals surface area contributed by atoms with Crippen LogP contribution in [0.25, 0.3) is 0 Å². The van der Waals surface area contributed by atoms with Crippen LogP contribution in [0.5, 0.6) is 5.75 Å². The standard InChI is InChI=1S/C13H16ClNO2S/c14-10-1-2-11(12(16)7-10)13(17)15-8-9-3-5-18-6-4-9/h1-2,7,9,16H,3-6,8H2,(H,15,17). The van der Waals surface area contributed by atoms with E-state index in [1.807, 2.05) is 11.8 Å². The van der Waals surface area contributed by atoms with E-state index in [0.717, 1.165) is 12.8 Å². The predicted octanol–water partition coefficient (Wildman–Crippen LogP) is 2.92. The fourth-order valence-corrected chi connectivity index (χ4v) is 3.35. The lowest BCUT2D eigenvalue weighted by atomic mass is 10.0. The maximum atomic E-state index is 11.9. The molecule has 1 aromatic rings. The van der Waals surface area contributed by atoms with Crippen LogP contribution in [0.1, 0.15) is 23.2 Å². The predicted molar refractivity (Wildman–Crippen MR) is 75.5 cm³/mol. The topological polar surface area (TPSA) is 49.3 Å². The molecular weight excluding hydrogens is 270 g/mol. The smallest absolute Gasteiger partial charge is 0.255 e. The van der Waals surface area contributed by atoms with Gasteiger partial charge in [-0.1, -0.05) is 11.6 Å². The minimum atomic E-state index is -0.234. The summed E-state index contributed by atoms with van der Waals surface area (Å²) in [5.74, 6) is 2.60. The molecule has 0 aromatic heterocycles. The molecule has 0 bridgehead atoms. The number of carbonyl (C=O) groups excluding carboxylic acids is 1. The van der Waals surface area contributed by atoms with Crippen molar-refractivity contribution in [1.82, 2.24) is 5.32 Å². The van der Waals surface area contributed by atoms with E-state index in [2.05, 4.69) is 5.32 Å². The molecule has 98 valence electrons. The van der Waals surface area contributed by atoms with E-state index in [1.54, 1.807) is 12.1 Å². The lowest BCUT2D eigenvalue weighted by molar-refractivity contribution is 0.0943. The largest absolute Gasteiger partial charge is 0.507 e. The van der Waals surface area contributed by atoms with Crippen molar-refractivity contribution in [2.24, 2.45) is 5.92 Å². The third-order valence-corrected chi connectivity index (χ3v) is 4.38. The third-order valence-electron chi connectivity index (χ3n) is 3.10. The number of benzene rings is 1. The fraction of sp³-hybridized carbons (Fsp3) is 0.462. The van der Waals surface area contributed by atoms with Crippen LogP contribution in [0.15, 0.2) is 18.2 Å². The van der Waals surface area contributed by atoms with Gasteiger partial charge < -0.3 is 10.4 Å². The normalized spacial score (nSPS) is 16.5. The molecule has 0 radical (unpaired) electrons. The SMILES string of the molecule is O=C(NCC1CCSCC1)c1ccc(Cl)cc1O. The number of hydrogen-bond donors (Lipinski definition) is 2. The number of phenols is 1. The van der Waals surface area contributed by atoms with Gasteiger partial charge in [-0.05, 0) is 48.5 Å². The monoisotopic (exact) mass is 285 g/mol. The van der Waals surface area contributed by atoms with Gasteiger partial charge in [-0.25, -0.2) is 0 Å². The van der Waals surface area contributed by atoms with Gasteiger partial charge >= 0.3 is 0 Å². The lowest BCUT2D eigenvalue weighted by Gasteiger charge is -2.21. The highest BCUT2D eigenvalue weighted by Gasteiger charge is 2.16. The number of aromatic hydroxyl groups is 1. The molecule has 5 heteroatoms. The second-order valence-electron chi connectivity index (χ2n) is 4.43. The van der Waals surface area contributed by atoms with E-state index < -0.39 is 0 Å². The molecule has 1 aliphatic heterocycles. The first-order valence-corrected chi connectivity index (χ1v) is 7.54. The molecule has 1 heterocycles. The van der Waals surface area contributed by atoms with E-state index in [4.69, 9.17) is 11.6 Å². The van der Waals surface area contributed by atoms with Crippen LogP contribution in [0.2, 0.25) is 5.02 Å². The molecule has 1 saturated heterocycles. The van der Waals surface area contributed by atoms with Crippen molar-refractivity contribution in [2.75, 3.05) is 18.1 Å². The average molecular weight is 286 g/mol. The van der Waals surface area contributed by atoms with Crippen LogP contribution in [0.4, 0.5) is 0 Å². The Bertz CT molecular complexity index is 433. The minimum absolute atomic E-state index is 0.0702. The molecule has 3 nitrogen and oxygen atoms in total. The first-order valence-electron chi connectivity index (χ1n) is 6.01. The number of carbonyl (C=O) groups is 1. The average Bonchev–Trinajstić information content (AvgIpc) is 2.37. The Morgan fingerprint density at radius 1 is 1.44 bits per heavy atom. The molecule has 0 spiro atoms. The second-order valence-corrected chi connectivity index (χ2v) is 6.09. The zero-order valence-electron chi connectivity index (χ0n) is 9.99. The Morgan fingerprint density at radius 3 is 2.83 bits per heavy atom. The van der Waals surface area contributed by atoms with Crippen LogP contribution in [0, 0.1) is 5.92 Å². The molecule has 0 saturated carbocycles. The van der Waals surface area contributed by atoms with Gasteiger partial charge in [-0.3, -0.25) is 4.79 Å². The Hall–Kier alpha value is -0.870. The van der Waals surface area contributed by atoms with Crippen molar-refractivity contribution in [3.63, 3.8) is 0 Å². The van der Waals surface area contributed by atoms with Gasteiger partial charge in [-0.2, -0.15) is 11.8 Å². The number of thioether (sulfide) groups is 1. The molecule has 2 N–H and O–H groups in total. The molecule has 1 aromatic carbocycles. The number of rotatable bonds is 3. The third kappa shape index (κ3) is 3.56. The maximum absolute atomic E-state index is 11.9. The summed E-state index contributed by atoms with van der Waals surface area (Å²) in [5.41, 5.74) is 0.282. The highest BCUT2D eigenvalue weighted by atomic mass is 35.5. The van der Waals surface area contributed by atoms with Gasteiger partial charge in [-0.15, -0.1) is 0 Å². The van der Waals surface area contributed by atoms with Crippen molar-refractivity contribution in [3.8, 4) is 5.75 Å². The van der Waals surface area contributed by atoms with Gasteiger partial charge in [0.25, 0.3) is 5.91 Å². The number of phenolic OH excluding ortho intramolecular Hbond substituents is 1. The van der Waals surface area contributed by atoms with Gasteiger partial charge in [0.15, 0.2) is 0 Å². The van der Waals surface area contributed by atoms with Crippen molar-refractivity contribution in [2.45, 2.75) is 12.8 Å². The first kappa shape index (κ1) is 13.6. The van der Waals surface area contributed by atoms with Gasteiger partial charge in [0.1, 0.15) is 5.75 Å². The Balaban J connectivity index is 1.90. The van der Waals surface area contributed by atoms with E-state index >= 15 is 0 Å². The summed E-state index contributed by atoms with van der Waals surface area (Å²) in [6, 6.07) is 4.53. The van der Waals surface area contributed by atoms with E-state index in [9.17, 15) is 9.90 Å². The van der Waals surface area contributed by atoms with Gasteiger partial charge in [0, 0.05) is 11.6 Å². The number of nitrogens with one attached hydrogen (secondary N) is 1.